The SMILES string of the molecule is Cl.[N-]=[N+]=NCC1CNCC1C1CCCO1. The Morgan fingerprint density at radius 2 is 2.33 bits per heavy atom. The predicted octanol–water partition coefficient (Wildman–Crippen LogP) is 1.73. The summed E-state index contributed by atoms with van der Waals surface area (Å²) in [5.41, 5.74) is 8.28. The average Bonchev–Trinajstić information content (AvgIpc) is 2.84. The fraction of sp³-hybridized carbons (Fsp3) is 1.00. The van der Waals surface area contributed by atoms with E-state index in [0.717, 1.165) is 19.7 Å². The molecule has 2 heterocycles. The summed E-state index contributed by atoms with van der Waals surface area (Å²) in [7, 11) is 0. The van der Waals surface area contributed by atoms with E-state index in [1.165, 1.54) is 12.8 Å². The lowest BCUT2D eigenvalue weighted by Gasteiger charge is -2.22. The van der Waals surface area contributed by atoms with Crippen LogP contribution in [0.15, 0.2) is 5.11 Å². The van der Waals surface area contributed by atoms with Crippen molar-refractivity contribution in [3.05, 3.63) is 10.4 Å². The minimum Gasteiger partial charge on any atom is -0.378 e. The lowest BCUT2D eigenvalue weighted by molar-refractivity contribution is 0.0551. The van der Waals surface area contributed by atoms with E-state index in [0.29, 0.717) is 24.5 Å². The fourth-order valence-corrected chi connectivity index (χ4v) is 2.47. The highest BCUT2D eigenvalue weighted by Gasteiger charge is 2.35. The number of hydrogen-bond acceptors (Lipinski definition) is 3. The number of hydrogen-bond donors (Lipinski definition) is 1. The normalized spacial score (nSPS) is 34.5. The van der Waals surface area contributed by atoms with Crippen LogP contribution in [0.2, 0.25) is 0 Å². The van der Waals surface area contributed by atoms with Gasteiger partial charge in [0.2, 0.25) is 0 Å². The Labute approximate surface area is 95.6 Å². The van der Waals surface area contributed by atoms with Gasteiger partial charge in [0, 0.05) is 30.5 Å². The topological polar surface area (TPSA) is 70.0 Å². The molecule has 2 aliphatic heterocycles. The maximum Gasteiger partial charge on any atom is 0.0619 e. The number of ether oxygens (including phenoxy) is 1. The summed E-state index contributed by atoms with van der Waals surface area (Å²) in [5.74, 6) is 1.01. The van der Waals surface area contributed by atoms with Gasteiger partial charge in [0.15, 0.2) is 0 Å². The van der Waals surface area contributed by atoms with E-state index in [2.05, 4.69) is 15.3 Å². The van der Waals surface area contributed by atoms with Crippen LogP contribution in [0, 0.1) is 11.8 Å². The average molecular weight is 233 g/mol. The zero-order valence-electron chi connectivity index (χ0n) is 8.63. The standard InChI is InChI=1S/C9H16N4O.ClH/c10-13-12-5-7-4-11-6-8(7)9-2-1-3-14-9;/h7-9,11H,1-6H2;1H. The van der Waals surface area contributed by atoms with Crippen molar-refractivity contribution in [2.45, 2.75) is 18.9 Å². The van der Waals surface area contributed by atoms with Crippen LogP contribution in [0.1, 0.15) is 12.8 Å². The number of nitrogens with zero attached hydrogens (tertiary/aromatic N) is 3. The molecular formula is C9H17ClN4O. The van der Waals surface area contributed by atoms with Crippen molar-refractivity contribution >= 4 is 12.4 Å². The van der Waals surface area contributed by atoms with Crippen LogP contribution in [-0.4, -0.2) is 32.3 Å². The van der Waals surface area contributed by atoms with E-state index >= 15 is 0 Å². The second-order valence-corrected chi connectivity index (χ2v) is 4.05. The second-order valence-electron chi connectivity index (χ2n) is 4.05. The van der Waals surface area contributed by atoms with Crippen molar-refractivity contribution in [2.24, 2.45) is 17.0 Å². The van der Waals surface area contributed by atoms with Crippen molar-refractivity contribution in [1.82, 2.24) is 5.32 Å². The first-order chi connectivity index (χ1) is 6.92. The third-order valence-corrected chi connectivity index (χ3v) is 3.21. The first-order valence-corrected chi connectivity index (χ1v) is 5.25. The van der Waals surface area contributed by atoms with Gasteiger partial charge in [-0.25, -0.2) is 0 Å². The summed E-state index contributed by atoms with van der Waals surface area (Å²) in [6.07, 6.45) is 2.73. The van der Waals surface area contributed by atoms with Crippen molar-refractivity contribution < 1.29 is 4.74 Å². The van der Waals surface area contributed by atoms with E-state index in [1.54, 1.807) is 0 Å². The highest BCUT2D eigenvalue weighted by molar-refractivity contribution is 5.85. The molecule has 86 valence electrons. The molecule has 2 fully saturated rings. The zero-order chi connectivity index (χ0) is 9.80. The van der Waals surface area contributed by atoms with Crippen LogP contribution < -0.4 is 5.32 Å². The van der Waals surface area contributed by atoms with Gasteiger partial charge in [0.25, 0.3) is 0 Å². The molecule has 0 aromatic carbocycles. The number of azide groups is 1. The third-order valence-electron chi connectivity index (χ3n) is 3.21. The molecule has 0 aliphatic carbocycles. The lowest BCUT2D eigenvalue weighted by atomic mass is 9.89. The smallest absolute Gasteiger partial charge is 0.0619 e. The molecule has 0 radical (unpaired) electrons. The Bertz CT molecular complexity index is 238. The van der Waals surface area contributed by atoms with Gasteiger partial charge < -0.3 is 10.1 Å². The molecule has 2 saturated heterocycles. The van der Waals surface area contributed by atoms with Crippen LogP contribution >= 0.6 is 12.4 Å². The summed E-state index contributed by atoms with van der Waals surface area (Å²) in [6, 6.07) is 0. The molecule has 0 aromatic rings. The highest BCUT2D eigenvalue weighted by Crippen LogP contribution is 2.29. The molecule has 1 N–H and O–H groups in total. The molecule has 6 heteroatoms. The summed E-state index contributed by atoms with van der Waals surface area (Å²) in [5, 5.41) is 7.01. The molecule has 3 atom stereocenters. The van der Waals surface area contributed by atoms with Crippen LogP contribution in [0.25, 0.3) is 10.4 Å². The zero-order valence-corrected chi connectivity index (χ0v) is 9.45. The van der Waals surface area contributed by atoms with Crippen LogP contribution in [0.3, 0.4) is 0 Å². The fourth-order valence-electron chi connectivity index (χ4n) is 2.47. The summed E-state index contributed by atoms with van der Waals surface area (Å²) < 4.78 is 5.67. The largest absolute Gasteiger partial charge is 0.378 e. The van der Waals surface area contributed by atoms with E-state index in [1.807, 2.05) is 0 Å². The van der Waals surface area contributed by atoms with Gasteiger partial charge >= 0.3 is 0 Å². The van der Waals surface area contributed by atoms with E-state index in [4.69, 9.17) is 10.3 Å². The molecule has 0 bridgehead atoms. The van der Waals surface area contributed by atoms with Gasteiger partial charge in [0.05, 0.1) is 6.10 Å². The second kappa shape index (κ2) is 6.18. The highest BCUT2D eigenvalue weighted by atomic mass is 35.5. The first-order valence-electron chi connectivity index (χ1n) is 5.25. The summed E-state index contributed by atoms with van der Waals surface area (Å²) in [6.45, 7) is 3.48. The van der Waals surface area contributed by atoms with Crippen LogP contribution in [0.4, 0.5) is 0 Å². The Morgan fingerprint density at radius 1 is 1.47 bits per heavy atom. The van der Waals surface area contributed by atoms with Gasteiger partial charge in [-0.1, -0.05) is 5.11 Å². The molecule has 5 nitrogen and oxygen atoms in total. The molecule has 0 aromatic heterocycles. The summed E-state index contributed by atoms with van der Waals surface area (Å²) >= 11 is 0. The number of halogens is 1. The Balaban J connectivity index is 0.00000112. The monoisotopic (exact) mass is 232 g/mol. The maximum absolute atomic E-state index is 8.28. The Kier molecular flexibility index (Phi) is 5.19. The number of rotatable bonds is 3. The van der Waals surface area contributed by atoms with E-state index < -0.39 is 0 Å². The third kappa shape index (κ3) is 2.98. The van der Waals surface area contributed by atoms with E-state index in [9.17, 15) is 0 Å². The molecule has 2 rings (SSSR count). The molecule has 2 aliphatic rings. The van der Waals surface area contributed by atoms with Crippen molar-refractivity contribution in [2.75, 3.05) is 26.2 Å². The first kappa shape index (κ1) is 12.6. The maximum atomic E-state index is 8.28. The molecule has 0 amide bonds. The minimum atomic E-state index is 0. The Hall–Kier alpha value is -0.480. The predicted molar refractivity (Wildman–Crippen MR) is 60.1 cm³/mol. The summed E-state index contributed by atoms with van der Waals surface area (Å²) in [4.78, 5) is 2.82. The van der Waals surface area contributed by atoms with Crippen molar-refractivity contribution in [3.63, 3.8) is 0 Å². The molecule has 0 saturated carbocycles. The van der Waals surface area contributed by atoms with Crippen LogP contribution in [-0.2, 0) is 4.74 Å². The molecule has 0 spiro atoms. The molecular weight excluding hydrogens is 216 g/mol. The quantitative estimate of drug-likeness (QED) is 0.457. The lowest BCUT2D eigenvalue weighted by Crippen LogP contribution is -2.28. The minimum absolute atomic E-state index is 0. The van der Waals surface area contributed by atoms with Crippen molar-refractivity contribution in [3.8, 4) is 0 Å². The Morgan fingerprint density at radius 3 is 3.00 bits per heavy atom. The van der Waals surface area contributed by atoms with Gasteiger partial charge in [-0.3, -0.25) is 0 Å². The molecule has 15 heavy (non-hydrogen) atoms. The van der Waals surface area contributed by atoms with Crippen LogP contribution in [0.5, 0.6) is 0 Å². The van der Waals surface area contributed by atoms with Gasteiger partial charge in [-0.05, 0) is 30.8 Å². The van der Waals surface area contributed by atoms with Crippen molar-refractivity contribution in [1.29, 1.82) is 0 Å². The van der Waals surface area contributed by atoms with Gasteiger partial charge in [-0.2, -0.15) is 0 Å². The van der Waals surface area contributed by atoms with E-state index in [-0.39, 0.29) is 12.4 Å². The van der Waals surface area contributed by atoms with Gasteiger partial charge in [0.1, 0.15) is 0 Å². The molecule has 3 unspecified atom stereocenters. The number of nitrogens with one attached hydrogen (secondary N) is 1. The van der Waals surface area contributed by atoms with Gasteiger partial charge in [-0.15, -0.1) is 12.4 Å².